The number of methoxy groups -OCH3 is 1. The Kier molecular flexibility index (Phi) is 5.62. The molecule has 25 heavy (non-hydrogen) atoms. The molecule has 0 saturated heterocycles. The van der Waals surface area contributed by atoms with Crippen molar-refractivity contribution >= 4 is 0 Å². The molecule has 0 radical (unpaired) electrons. The van der Waals surface area contributed by atoms with Crippen LogP contribution in [0, 0.1) is 5.82 Å². The Morgan fingerprint density at radius 3 is 2.24 bits per heavy atom. The van der Waals surface area contributed by atoms with Gasteiger partial charge in [0.05, 0.1) is 7.11 Å². The highest BCUT2D eigenvalue weighted by atomic mass is 19.1. The molecule has 0 amide bonds. The molecule has 0 saturated carbocycles. The van der Waals surface area contributed by atoms with E-state index in [2.05, 4.69) is 4.98 Å². The number of halogens is 1. The maximum atomic E-state index is 12.9. The summed E-state index contributed by atoms with van der Waals surface area (Å²) in [5.41, 5.74) is 3.31. The molecule has 0 unspecified atom stereocenters. The van der Waals surface area contributed by atoms with Crippen molar-refractivity contribution in [1.29, 1.82) is 0 Å². The summed E-state index contributed by atoms with van der Waals surface area (Å²) in [4.78, 5) is 4.26. The molecule has 3 rings (SSSR count). The average molecular weight is 337 g/mol. The monoisotopic (exact) mass is 337 g/mol. The van der Waals surface area contributed by atoms with Gasteiger partial charge in [-0.3, -0.25) is 0 Å². The number of rotatable bonds is 7. The summed E-state index contributed by atoms with van der Waals surface area (Å²) in [7, 11) is 1.65. The Morgan fingerprint density at radius 1 is 0.840 bits per heavy atom. The smallest absolute Gasteiger partial charge is 0.213 e. The van der Waals surface area contributed by atoms with Crippen molar-refractivity contribution < 1.29 is 13.9 Å². The van der Waals surface area contributed by atoms with Crippen molar-refractivity contribution in [3.63, 3.8) is 0 Å². The molecule has 128 valence electrons. The third-order valence-corrected chi connectivity index (χ3v) is 3.96. The zero-order valence-corrected chi connectivity index (χ0v) is 14.1. The third kappa shape index (κ3) is 5.05. The van der Waals surface area contributed by atoms with E-state index in [1.807, 2.05) is 48.5 Å². The van der Waals surface area contributed by atoms with Crippen LogP contribution in [0.1, 0.15) is 16.7 Å². The molecule has 0 aliphatic heterocycles. The van der Waals surface area contributed by atoms with Crippen LogP contribution < -0.4 is 9.47 Å². The number of aromatic nitrogens is 1. The van der Waals surface area contributed by atoms with Crippen LogP contribution in [-0.2, 0) is 19.4 Å². The largest absolute Gasteiger partial charge is 0.497 e. The quantitative estimate of drug-likeness (QED) is 0.632. The molecule has 2 aromatic carbocycles. The van der Waals surface area contributed by atoms with Gasteiger partial charge in [-0.2, -0.15) is 0 Å². The Balaban J connectivity index is 1.56. The van der Waals surface area contributed by atoms with Crippen molar-refractivity contribution in [3.8, 4) is 11.6 Å². The highest BCUT2D eigenvalue weighted by Gasteiger charge is 2.02. The van der Waals surface area contributed by atoms with Crippen molar-refractivity contribution in [3.05, 3.63) is 89.4 Å². The summed E-state index contributed by atoms with van der Waals surface area (Å²) < 4.78 is 23.9. The number of pyridine rings is 1. The highest BCUT2D eigenvalue weighted by molar-refractivity contribution is 5.28. The number of ether oxygens (including phenoxy) is 2. The minimum Gasteiger partial charge on any atom is -0.497 e. The van der Waals surface area contributed by atoms with Gasteiger partial charge < -0.3 is 9.47 Å². The van der Waals surface area contributed by atoms with Crippen LogP contribution in [0.25, 0.3) is 0 Å². The van der Waals surface area contributed by atoms with E-state index < -0.39 is 0 Å². The van der Waals surface area contributed by atoms with E-state index in [1.165, 1.54) is 12.1 Å². The van der Waals surface area contributed by atoms with E-state index in [4.69, 9.17) is 9.47 Å². The molecule has 4 heteroatoms. The lowest BCUT2D eigenvalue weighted by atomic mass is 10.1. The van der Waals surface area contributed by atoms with Crippen LogP contribution in [0.5, 0.6) is 11.6 Å². The summed E-state index contributed by atoms with van der Waals surface area (Å²) in [6.45, 7) is 0.457. The second-order valence-electron chi connectivity index (χ2n) is 5.77. The molecule has 3 nitrogen and oxygen atoms in total. The van der Waals surface area contributed by atoms with Gasteiger partial charge in [-0.05, 0) is 59.9 Å². The zero-order chi connectivity index (χ0) is 17.5. The highest BCUT2D eigenvalue weighted by Crippen LogP contribution is 2.16. The fourth-order valence-electron chi connectivity index (χ4n) is 2.50. The molecular formula is C21H20FNO2. The maximum absolute atomic E-state index is 12.9. The maximum Gasteiger partial charge on any atom is 0.213 e. The van der Waals surface area contributed by atoms with E-state index >= 15 is 0 Å². The second-order valence-corrected chi connectivity index (χ2v) is 5.77. The van der Waals surface area contributed by atoms with Crippen LogP contribution in [0.4, 0.5) is 4.39 Å². The number of nitrogens with zero attached hydrogens (tertiary/aromatic N) is 1. The number of hydrogen-bond acceptors (Lipinski definition) is 3. The predicted octanol–water partition coefficient (Wildman–Crippen LogP) is 4.59. The van der Waals surface area contributed by atoms with Crippen molar-refractivity contribution in [2.75, 3.05) is 7.11 Å². The van der Waals surface area contributed by atoms with Gasteiger partial charge >= 0.3 is 0 Å². The van der Waals surface area contributed by atoms with Crippen molar-refractivity contribution in [1.82, 2.24) is 4.98 Å². The standard InChI is InChI=1S/C21H20FNO2/c1-24-20-10-6-18(7-11-20)15-25-21-14-17(12-13-23-21)3-2-16-4-8-19(22)9-5-16/h4-14H,2-3,15H2,1H3. The average Bonchev–Trinajstić information content (AvgIpc) is 2.67. The normalized spacial score (nSPS) is 10.5. The summed E-state index contributed by atoms with van der Waals surface area (Å²) in [5, 5.41) is 0. The lowest BCUT2D eigenvalue weighted by Crippen LogP contribution is -1.99. The molecule has 0 atom stereocenters. The van der Waals surface area contributed by atoms with Gasteiger partial charge in [0, 0.05) is 12.3 Å². The molecule has 0 spiro atoms. The molecule has 1 aromatic heterocycles. The number of aryl methyl sites for hydroxylation is 2. The van der Waals surface area contributed by atoms with Gasteiger partial charge in [0.25, 0.3) is 0 Å². The van der Waals surface area contributed by atoms with Crippen LogP contribution in [-0.4, -0.2) is 12.1 Å². The van der Waals surface area contributed by atoms with E-state index in [1.54, 1.807) is 13.3 Å². The van der Waals surface area contributed by atoms with E-state index in [-0.39, 0.29) is 5.82 Å². The zero-order valence-electron chi connectivity index (χ0n) is 14.1. The molecular weight excluding hydrogens is 317 g/mol. The Morgan fingerprint density at radius 2 is 1.52 bits per heavy atom. The first-order valence-electron chi connectivity index (χ1n) is 8.18. The van der Waals surface area contributed by atoms with E-state index in [9.17, 15) is 4.39 Å². The molecule has 0 bridgehead atoms. The second kappa shape index (κ2) is 8.29. The minimum atomic E-state index is -0.207. The lowest BCUT2D eigenvalue weighted by Gasteiger charge is -2.08. The topological polar surface area (TPSA) is 31.4 Å². The number of hydrogen-bond donors (Lipinski definition) is 0. The fourth-order valence-corrected chi connectivity index (χ4v) is 2.50. The first-order valence-corrected chi connectivity index (χ1v) is 8.18. The Bertz CT molecular complexity index is 801. The first-order chi connectivity index (χ1) is 12.2. The summed E-state index contributed by atoms with van der Waals surface area (Å²) in [6.07, 6.45) is 3.46. The van der Waals surface area contributed by atoms with Gasteiger partial charge in [0.2, 0.25) is 5.88 Å². The van der Waals surface area contributed by atoms with Crippen LogP contribution in [0.3, 0.4) is 0 Å². The summed E-state index contributed by atoms with van der Waals surface area (Å²) in [5.74, 6) is 1.22. The molecule has 1 heterocycles. The number of benzene rings is 2. The van der Waals surface area contributed by atoms with E-state index in [0.29, 0.717) is 12.5 Å². The summed E-state index contributed by atoms with van der Waals surface area (Å²) >= 11 is 0. The van der Waals surface area contributed by atoms with Gasteiger partial charge in [0.15, 0.2) is 0 Å². The summed E-state index contributed by atoms with van der Waals surface area (Å²) in [6, 6.07) is 18.3. The van der Waals surface area contributed by atoms with Gasteiger partial charge in [0.1, 0.15) is 18.2 Å². The Labute approximate surface area is 147 Å². The van der Waals surface area contributed by atoms with Gasteiger partial charge in [-0.25, -0.2) is 9.37 Å². The van der Waals surface area contributed by atoms with E-state index in [0.717, 1.165) is 35.3 Å². The van der Waals surface area contributed by atoms with Crippen LogP contribution in [0.2, 0.25) is 0 Å². The van der Waals surface area contributed by atoms with Gasteiger partial charge in [-0.1, -0.05) is 24.3 Å². The first kappa shape index (κ1) is 17.0. The molecule has 3 aromatic rings. The molecule has 0 aliphatic rings. The lowest BCUT2D eigenvalue weighted by molar-refractivity contribution is 0.293. The van der Waals surface area contributed by atoms with Crippen LogP contribution in [0.15, 0.2) is 66.9 Å². The third-order valence-electron chi connectivity index (χ3n) is 3.96. The molecule has 0 fully saturated rings. The molecule has 0 N–H and O–H groups in total. The van der Waals surface area contributed by atoms with Crippen LogP contribution >= 0.6 is 0 Å². The van der Waals surface area contributed by atoms with Crippen molar-refractivity contribution in [2.24, 2.45) is 0 Å². The fraction of sp³-hybridized carbons (Fsp3) is 0.190. The SMILES string of the molecule is COc1ccc(COc2cc(CCc3ccc(F)cc3)ccn2)cc1. The van der Waals surface area contributed by atoms with Gasteiger partial charge in [-0.15, -0.1) is 0 Å². The molecule has 0 aliphatic carbocycles. The predicted molar refractivity (Wildman–Crippen MR) is 95.4 cm³/mol. The minimum absolute atomic E-state index is 0.207. The Hall–Kier alpha value is -2.88. The van der Waals surface area contributed by atoms with Crippen molar-refractivity contribution in [2.45, 2.75) is 19.4 Å².